The average Bonchev–Trinajstić information content (AvgIpc) is 2.34. The van der Waals surface area contributed by atoms with Crippen LogP contribution < -0.4 is 5.32 Å². The van der Waals surface area contributed by atoms with Crippen molar-refractivity contribution in [3.05, 3.63) is 29.8 Å². The Bertz CT molecular complexity index is 617. The number of rotatable bonds is 6. The summed E-state index contributed by atoms with van der Waals surface area (Å²) in [5.41, 5.74) is 1.77. The molecule has 0 fully saturated rings. The van der Waals surface area contributed by atoms with Crippen LogP contribution in [0.3, 0.4) is 0 Å². The lowest BCUT2D eigenvalue weighted by Crippen LogP contribution is -2.20. The summed E-state index contributed by atoms with van der Waals surface area (Å²) in [4.78, 5) is 12.0. The molecule has 0 saturated heterocycles. The quantitative estimate of drug-likeness (QED) is 0.815. The summed E-state index contributed by atoms with van der Waals surface area (Å²) < 4.78 is 26.8. The number of nitrogens with one attached hydrogen (secondary N) is 1. The van der Waals surface area contributed by atoms with E-state index in [0.717, 1.165) is 17.5 Å². The first-order chi connectivity index (χ1) is 9.99. The lowest BCUT2D eigenvalue weighted by atomic mass is 9.86. The number of carbonyl (C=O) groups is 1. The molecule has 6 heteroatoms. The van der Waals surface area contributed by atoms with E-state index in [-0.39, 0.29) is 17.7 Å². The summed E-state index contributed by atoms with van der Waals surface area (Å²) >= 11 is 0. The molecule has 0 heterocycles. The minimum absolute atomic E-state index is 0.0729. The van der Waals surface area contributed by atoms with E-state index >= 15 is 0 Å². The highest BCUT2D eigenvalue weighted by atomic mass is 32.2. The number of hydrogen-bond acceptors (Lipinski definition) is 4. The Hall–Kier alpha value is -1.40. The zero-order chi connectivity index (χ0) is 17.0. The van der Waals surface area contributed by atoms with Crippen molar-refractivity contribution >= 4 is 21.7 Å². The molecule has 1 N–H and O–H groups in total. The van der Waals surface area contributed by atoms with E-state index in [1.807, 2.05) is 24.3 Å². The zero-order valence-electron chi connectivity index (χ0n) is 13.8. The van der Waals surface area contributed by atoms with Gasteiger partial charge in [0.25, 0.3) is 10.1 Å². The summed E-state index contributed by atoms with van der Waals surface area (Å²) in [5, 5.41) is 2.89. The third-order valence-electron chi connectivity index (χ3n) is 3.13. The summed E-state index contributed by atoms with van der Waals surface area (Å²) in [6, 6.07) is 7.68. The van der Waals surface area contributed by atoms with Crippen LogP contribution in [-0.4, -0.2) is 26.7 Å². The second-order valence-corrected chi connectivity index (χ2v) is 8.09. The summed E-state index contributed by atoms with van der Waals surface area (Å²) in [7, 11) is -3.49. The molecule has 124 valence electrons. The summed E-state index contributed by atoms with van der Waals surface area (Å²) in [6.07, 6.45) is 1.04. The van der Waals surface area contributed by atoms with Crippen LogP contribution in [0.4, 0.5) is 5.69 Å². The topological polar surface area (TPSA) is 72.5 Å². The van der Waals surface area contributed by atoms with E-state index in [0.29, 0.717) is 6.42 Å². The highest BCUT2D eigenvalue weighted by Gasteiger charge is 2.19. The zero-order valence-corrected chi connectivity index (χ0v) is 14.7. The molecule has 0 aliphatic carbocycles. The molecule has 1 rings (SSSR count). The number of anilines is 1. The monoisotopic (exact) mass is 327 g/mol. The smallest absolute Gasteiger partial charge is 0.264 e. The highest BCUT2D eigenvalue weighted by Crippen LogP contribution is 2.29. The maximum atomic E-state index is 12.0. The Morgan fingerprint density at radius 2 is 1.86 bits per heavy atom. The third-order valence-corrected chi connectivity index (χ3v) is 3.80. The van der Waals surface area contributed by atoms with E-state index in [2.05, 4.69) is 26.1 Å². The third kappa shape index (κ3) is 6.58. The van der Waals surface area contributed by atoms with Gasteiger partial charge in [0.2, 0.25) is 5.91 Å². The van der Waals surface area contributed by atoms with Crippen molar-refractivity contribution in [3.8, 4) is 0 Å². The van der Waals surface area contributed by atoms with Gasteiger partial charge >= 0.3 is 0 Å². The normalized spacial score (nSPS) is 13.7. The lowest BCUT2D eigenvalue weighted by Gasteiger charge is -2.23. The number of hydrogen-bond donors (Lipinski definition) is 1. The highest BCUT2D eigenvalue weighted by molar-refractivity contribution is 7.86. The Morgan fingerprint density at radius 3 is 2.41 bits per heavy atom. The molecule has 1 amide bonds. The predicted octanol–water partition coefficient (Wildman–Crippen LogP) is 3.07. The first-order valence-corrected chi connectivity index (χ1v) is 9.08. The van der Waals surface area contributed by atoms with Crippen LogP contribution in [0, 0.1) is 0 Å². The Balaban J connectivity index is 2.64. The number of carbonyl (C=O) groups excluding carboxylic acids is 1. The van der Waals surface area contributed by atoms with Gasteiger partial charge in [-0.05, 0) is 30.4 Å². The van der Waals surface area contributed by atoms with Gasteiger partial charge in [-0.15, -0.1) is 0 Å². The number of amides is 1. The van der Waals surface area contributed by atoms with Crippen LogP contribution in [0.15, 0.2) is 24.3 Å². The summed E-state index contributed by atoms with van der Waals surface area (Å²) in [5.74, 6) is -0.152. The molecular formula is C16H25NO4S. The standard InChI is InChI=1S/C16H25NO4S/c1-12(21-22(5,19)20)10-11-15(18)17-14-9-7-6-8-13(14)16(2,3)4/h6-9,12H,10-11H2,1-5H3,(H,17,18). The van der Waals surface area contributed by atoms with Crippen molar-refractivity contribution in [3.63, 3.8) is 0 Å². The maximum Gasteiger partial charge on any atom is 0.264 e. The second kappa shape index (κ2) is 7.24. The SMILES string of the molecule is CC(CCC(=O)Nc1ccccc1C(C)(C)C)OS(C)(=O)=O. The fourth-order valence-corrected chi connectivity index (χ4v) is 2.83. The fraction of sp³-hybridized carbons (Fsp3) is 0.562. The van der Waals surface area contributed by atoms with Gasteiger partial charge in [-0.1, -0.05) is 39.0 Å². The van der Waals surface area contributed by atoms with Gasteiger partial charge < -0.3 is 5.32 Å². The second-order valence-electron chi connectivity index (χ2n) is 6.49. The van der Waals surface area contributed by atoms with E-state index in [1.165, 1.54) is 0 Å². The number of benzene rings is 1. The molecule has 5 nitrogen and oxygen atoms in total. The largest absolute Gasteiger partial charge is 0.326 e. The molecular weight excluding hydrogens is 302 g/mol. The molecule has 0 spiro atoms. The Kier molecular flexibility index (Phi) is 6.14. The maximum absolute atomic E-state index is 12.0. The molecule has 1 unspecified atom stereocenters. The van der Waals surface area contributed by atoms with Crippen molar-refractivity contribution in [2.75, 3.05) is 11.6 Å². The number of para-hydroxylation sites is 1. The van der Waals surface area contributed by atoms with Gasteiger partial charge in [-0.25, -0.2) is 0 Å². The van der Waals surface area contributed by atoms with E-state index in [1.54, 1.807) is 6.92 Å². The van der Waals surface area contributed by atoms with Gasteiger partial charge in [0.05, 0.1) is 12.4 Å². The lowest BCUT2D eigenvalue weighted by molar-refractivity contribution is -0.116. The van der Waals surface area contributed by atoms with Gasteiger partial charge in [0.1, 0.15) is 0 Å². The molecule has 1 atom stereocenters. The van der Waals surface area contributed by atoms with E-state index < -0.39 is 16.2 Å². The van der Waals surface area contributed by atoms with Crippen molar-refractivity contribution in [2.24, 2.45) is 0 Å². The van der Waals surface area contributed by atoms with Crippen molar-refractivity contribution < 1.29 is 17.4 Å². The van der Waals surface area contributed by atoms with Crippen molar-refractivity contribution in [1.29, 1.82) is 0 Å². The van der Waals surface area contributed by atoms with Crippen LogP contribution in [0.5, 0.6) is 0 Å². The van der Waals surface area contributed by atoms with Crippen molar-refractivity contribution in [1.82, 2.24) is 0 Å². The van der Waals surface area contributed by atoms with Gasteiger partial charge in [-0.3, -0.25) is 8.98 Å². The van der Waals surface area contributed by atoms with Crippen LogP contribution >= 0.6 is 0 Å². The molecule has 0 aromatic heterocycles. The van der Waals surface area contributed by atoms with Gasteiger partial charge in [-0.2, -0.15) is 8.42 Å². The molecule has 0 aliphatic heterocycles. The van der Waals surface area contributed by atoms with Gasteiger partial charge in [0.15, 0.2) is 0 Å². The van der Waals surface area contributed by atoms with Gasteiger partial charge in [0, 0.05) is 12.1 Å². The van der Waals surface area contributed by atoms with Crippen LogP contribution in [0.1, 0.15) is 46.1 Å². The molecule has 22 heavy (non-hydrogen) atoms. The van der Waals surface area contributed by atoms with Crippen LogP contribution in [0.2, 0.25) is 0 Å². The van der Waals surface area contributed by atoms with E-state index in [9.17, 15) is 13.2 Å². The molecule has 0 aliphatic rings. The minimum atomic E-state index is -3.49. The fourth-order valence-electron chi connectivity index (χ4n) is 2.14. The summed E-state index contributed by atoms with van der Waals surface area (Å²) in [6.45, 7) is 7.89. The first-order valence-electron chi connectivity index (χ1n) is 7.26. The molecule has 0 radical (unpaired) electrons. The van der Waals surface area contributed by atoms with Crippen LogP contribution in [-0.2, 0) is 24.5 Å². The minimum Gasteiger partial charge on any atom is -0.326 e. The molecule has 1 aromatic rings. The molecule has 1 aromatic carbocycles. The van der Waals surface area contributed by atoms with Crippen molar-refractivity contribution in [2.45, 2.75) is 52.1 Å². The molecule has 0 bridgehead atoms. The Labute approximate surface area is 133 Å². The first kappa shape index (κ1) is 18.6. The van der Waals surface area contributed by atoms with E-state index in [4.69, 9.17) is 4.18 Å². The Morgan fingerprint density at radius 1 is 1.27 bits per heavy atom. The predicted molar refractivity (Wildman–Crippen MR) is 88.4 cm³/mol. The average molecular weight is 327 g/mol. The van der Waals surface area contributed by atoms with Crippen LogP contribution in [0.25, 0.3) is 0 Å². The molecule has 0 saturated carbocycles.